The zero-order valence-corrected chi connectivity index (χ0v) is 18.8. The average molecular weight is 327 g/mol. The fraction of sp³-hybridized carbons (Fsp3) is 0.895. The van der Waals surface area contributed by atoms with Crippen molar-refractivity contribution in [3.05, 3.63) is 11.9 Å². The lowest BCUT2D eigenvalue weighted by Crippen LogP contribution is -2.34. The number of rotatable bonds is 11. The molecule has 3 heteroatoms. The van der Waals surface area contributed by atoms with Gasteiger partial charge in [-0.3, -0.25) is 0 Å². The van der Waals surface area contributed by atoms with E-state index in [9.17, 15) is 0 Å². The van der Waals surface area contributed by atoms with Gasteiger partial charge in [-0.25, -0.2) is 0 Å². The van der Waals surface area contributed by atoms with Crippen LogP contribution >= 0.6 is 0 Å². The molecular weight excluding hydrogens is 284 g/mol. The summed E-state index contributed by atoms with van der Waals surface area (Å²) in [7, 11) is 1.24. The van der Waals surface area contributed by atoms with E-state index in [-0.39, 0.29) is 0 Å². The minimum atomic E-state index is 0.717. The minimum absolute atomic E-state index is 0.717. The predicted octanol–water partition coefficient (Wildman–Crippen LogP) is 3.84. The Morgan fingerprint density at radius 3 is 1.36 bits per heavy atom. The van der Waals surface area contributed by atoms with Crippen LogP contribution in [0.2, 0.25) is 6.04 Å². The summed E-state index contributed by atoms with van der Waals surface area (Å²) in [5.74, 6) is 2.88. The normalized spacial score (nSPS) is 13.0. The third-order valence-corrected chi connectivity index (χ3v) is 4.19. The summed E-state index contributed by atoms with van der Waals surface area (Å²) in [6, 6.07) is 1.26. The van der Waals surface area contributed by atoms with Gasteiger partial charge >= 0.3 is 0 Å². The van der Waals surface area contributed by atoms with Gasteiger partial charge in [0, 0.05) is 48.3 Å². The third-order valence-electron chi connectivity index (χ3n) is 3.47. The maximum atomic E-state index is 2.65. The Hall–Kier alpha value is -0.443. The highest BCUT2D eigenvalue weighted by molar-refractivity contribution is 6.10. The number of nitrogens with zero attached hydrogens (tertiary/aromatic N) is 2. The zero-order chi connectivity index (χ0) is 17.3. The van der Waals surface area contributed by atoms with Crippen molar-refractivity contribution < 1.29 is 0 Å². The second kappa shape index (κ2) is 11.1. The lowest BCUT2D eigenvalue weighted by atomic mass is 10.1. The van der Waals surface area contributed by atoms with E-state index in [1.54, 1.807) is 5.70 Å². The fourth-order valence-corrected chi connectivity index (χ4v) is 3.55. The molecule has 0 aliphatic carbocycles. The topological polar surface area (TPSA) is 6.48 Å². The highest BCUT2D eigenvalue weighted by atomic mass is 28.1. The first kappa shape index (κ1) is 21.6. The van der Waals surface area contributed by atoms with Gasteiger partial charge in [-0.2, -0.15) is 0 Å². The Kier molecular flexibility index (Phi) is 10.9. The van der Waals surface area contributed by atoms with Gasteiger partial charge in [0.15, 0.2) is 0 Å². The molecule has 0 bridgehead atoms. The summed E-state index contributed by atoms with van der Waals surface area (Å²) in [6.45, 7) is 23.3. The molecule has 0 rings (SSSR count). The van der Waals surface area contributed by atoms with Crippen LogP contribution in [0.15, 0.2) is 11.9 Å². The van der Waals surface area contributed by atoms with Crippen LogP contribution in [-0.2, 0) is 0 Å². The molecular formula is C19H42N2Si. The number of allylic oxidation sites excluding steroid dienone is 1. The van der Waals surface area contributed by atoms with Crippen molar-refractivity contribution >= 4 is 10.2 Å². The van der Waals surface area contributed by atoms with E-state index in [2.05, 4.69) is 71.4 Å². The zero-order valence-electron chi connectivity index (χ0n) is 16.8. The molecule has 0 radical (unpaired) electrons. The molecule has 0 aromatic carbocycles. The van der Waals surface area contributed by atoms with Gasteiger partial charge in [0.1, 0.15) is 0 Å². The van der Waals surface area contributed by atoms with Crippen LogP contribution in [0, 0.1) is 23.7 Å². The summed E-state index contributed by atoms with van der Waals surface area (Å²) in [5, 5.41) is 0. The van der Waals surface area contributed by atoms with Gasteiger partial charge in [-0.05, 0) is 29.7 Å². The predicted molar refractivity (Wildman–Crippen MR) is 105 cm³/mol. The maximum absolute atomic E-state index is 2.65. The van der Waals surface area contributed by atoms with Crippen LogP contribution in [0.5, 0.6) is 0 Å². The SMILES string of the molecule is CC(C)CN(C=C(C[SiH3])N(CC(C)C)CC(C)C)CC(C)C. The highest BCUT2D eigenvalue weighted by Gasteiger charge is 2.14. The van der Waals surface area contributed by atoms with Crippen molar-refractivity contribution in [1.29, 1.82) is 0 Å². The average Bonchev–Trinajstić information content (AvgIpc) is 2.32. The molecule has 0 amide bonds. The smallest absolute Gasteiger partial charge is 0.0258 e. The van der Waals surface area contributed by atoms with Gasteiger partial charge in [-0.1, -0.05) is 55.4 Å². The number of hydrogen-bond donors (Lipinski definition) is 0. The Morgan fingerprint density at radius 2 is 1.09 bits per heavy atom. The molecule has 0 saturated carbocycles. The molecule has 0 aromatic heterocycles. The lowest BCUT2D eigenvalue weighted by molar-refractivity contribution is 0.251. The highest BCUT2D eigenvalue weighted by Crippen LogP contribution is 2.16. The summed E-state index contributed by atoms with van der Waals surface area (Å²) in [5.41, 5.74) is 1.57. The molecule has 0 fully saturated rings. The van der Waals surface area contributed by atoms with Gasteiger partial charge in [0.25, 0.3) is 0 Å². The van der Waals surface area contributed by atoms with E-state index in [1.165, 1.54) is 42.5 Å². The Morgan fingerprint density at radius 1 is 0.727 bits per heavy atom. The van der Waals surface area contributed by atoms with E-state index < -0.39 is 0 Å². The van der Waals surface area contributed by atoms with Crippen LogP contribution in [0.4, 0.5) is 0 Å². The molecule has 0 saturated heterocycles. The van der Waals surface area contributed by atoms with Gasteiger partial charge in [0.05, 0.1) is 0 Å². The van der Waals surface area contributed by atoms with Crippen molar-refractivity contribution in [2.75, 3.05) is 26.2 Å². The van der Waals surface area contributed by atoms with Crippen molar-refractivity contribution in [1.82, 2.24) is 9.80 Å². The first-order chi connectivity index (χ1) is 10.1. The fourth-order valence-electron chi connectivity index (χ4n) is 2.92. The van der Waals surface area contributed by atoms with E-state index in [0.29, 0.717) is 11.8 Å². The summed E-state index contributed by atoms with van der Waals surface area (Å²) >= 11 is 0. The molecule has 0 aromatic rings. The molecule has 0 aliphatic rings. The molecule has 0 unspecified atom stereocenters. The van der Waals surface area contributed by atoms with Crippen molar-refractivity contribution in [3.8, 4) is 0 Å². The molecule has 0 spiro atoms. The summed E-state index contributed by atoms with van der Waals surface area (Å²) < 4.78 is 0. The lowest BCUT2D eigenvalue weighted by Gasteiger charge is -2.33. The second-order valence-electron chi connectivity index (χ2n) is 8.41. The van der Waals surface area contributed by atoms with Crippen molar-refractivity contribution in [2.24, 2.45) is 23.7 Å². The Balaban J connectivity index is 5.21. The second-order valence-corrected chi connectivity index (χ2v) is 9.12. The Labute approximate surface area is 143 Å². The van der Waals surface area contributed by atoms with E-state index >= 15 is 0 Å². The van der Waals surface area contributed by atoms with E-state index in [1.807, 2.05) is 0 Å². The molecule has 0 atom stereocenters. The quantitative estimate of drug-likeness (QED) is 0.532. The Bertz CT molecular complexity index is 289. The maximum Gasteiger partial charge on any atom is 0.0258 e. The molecule has 0 aliphatic heterocycles. The van der Waals surface area contributed by atoms with E-state index in [0.717, 1.165) is 11.8 Å². The van der Waals surface area contributed by atoms with Crippen molar-refractivity contribution in [3.63, 3.8) is 0 Å². The van der Waals surface area contributed by atoms with E-state index in [4.69, 9.17) is 0 Å². The third kappa shape index (κ3) is 10.3. The first-order valence-electron chi connectivity index (χ1n) is 9.35. The van der Waals surface area contributed by atoms with Crippen LogP contribution in [0.3, 0.4) is 0 Å². The van der Waals surface area contributed by atoms with Gasteiger partial charge in [-0.15, -0.1) is 0 Å². The summed E-state index contributed by atoms with van der Waals surface area (Å²) in [6.07, 6.45) is 2.48. The monoisotopic (exact) mass is 326 g/mol. The van der Waals surface area contributed by atoms with Gasteiger partial charge < -0.3 is 9.80 Å². The van der Waals surface area contributed by atoms with Gasteiger partial charge in [0.2, 0.25) is 0 Å². The van der Waals surface area contributed by atoms with Crippen LogP contribution in [-0.4, -0.2) is 46.2 Å². The largest absolute Gasteiger partial charge is 0.375 e. The van der Waals surface area contributed by atoms with Crippen LogP contribution in [0.1, 0.15) is 55.4 Å². The first-order valence-corrected chi connectivity index (χ1v) is 10.8. The van der Waals surface area contributed by atoms with Crippen LogP contribution < -0.4 is 0 Å². The summed E-state index contributed by atoms with van der Waals surface area (Å²) in [4.78, 5) is 5.21. The minimum Gasteiger partial charge on any atom is -0.375 e. The number of hydrogen-bond acceptors (Lipinski definition) is 2. The van der Waals surface area contributed by atoms with Crippen LogP contribution in [0.25, 0.3) is 0 Å². The molecule has 0 heterocycles. The molecule has 2 nitrogen and oxygen atoms in total. The van der Waals surface area contributed by atoms with Crippen molar-refractivity contribution in [2.45, 2.75) is 61.4 Å². The molecule has 0 N–H and O–H groups in total. The molecule has 132 valence electrons. The standard InChI is InChI=1S/C19H42N2Si/c1-15(2)9-20(10-16(3)4)13-19(14-22)21(11-17(5)6)12-18(7)8/h13,15-18H,9-12,14H2,1-8,22H3. The molecule has 22 heavy (non-hydrogen) atoms.